The first-order valence-electron chi connectivity index (χ1n) is 8.17. The molecule has 0 aromatic heterocycles. The minimum atomic E-state index is -0.583. The summed E-state index contributed by atoms with van der Waals surface area (Å²) in [5.41, 5.74) is 0.401. The lowest BCUT2D eigenvalue weighted by Crippen LogP contribution is -2.16. The summed E-state index contributed by atoms with van der Waals surface area (Å²) in [6.07, 6.45) is 0.717. The number of hydrogen-bond acceptors (Lipinski definition) is 4. The van der Waals surface area contributed by atoms with E-state index in [1.807, 2.05) is 43.3 Å². The highest BCUT2D eigenvalue weighted by molar-refractivity contribution is 6.04. The Morgan fingerprint density at radius 3 is 2.20 bits per heavy atom. The van der Waals surface area contributed by atoms with Gasteiger partial charge in [0.1, 0.15) is 5.75 Å². The number of rotatable bonds is 5. The Balaban J connectivity index is 1.90. The summed E-state index contributed by atoms with van der Waals surface area (Å²) in [6, 6.07) is 19.7. The molecule has 0 radical (unpaired) electrons. The van der Waals surface area contributed by atoms with Crippen LogP contribution in [0.4, 0.5) is 0 Å². The minimum Gasteiger partial charge on any atom is -0.462 e. The second kappa shape index (κ2) is 7.62. The van der Waals surface area contributed by atoms with Crippen LogP contribution in [0.3, 0.4) is 0 Å². The van der Waals surface area contributed by atoms with Gasteiger partial charge >= 0.3 is 11.9 Å². The third-order valence-corrected chi connectivity index (χ3v) is 3.76. The molecule has 0 saturated carbocycles. The third kappa shape index (κ3) is 3.69. The number of carbonyl (C=O) groups excluding carboxylic acids is 2. The summed E-state index contributed by atoms with van der Waals surface area (Å²) < 4.78 is 10.7. The molecule has 0 aliphatic heterocycles. The van der Waals surface area contributed by atoms with Crippen molar-refractivity contribution in [2.24, 2.45) is 0 Å². The van der Waals surface area contributed by atoms with Crippen LogP contribution in [-0.4, -0.2) is 18.5 Å². The molecule has 0 unspecified atom stereocenters. The van der Waals surface area contributed by atoms with Crippen molar-refractivity contribution in [3.05, 3.63) is 77.9 Å². The van der Waals surface area contributed by atoms with Crippen molar-refractivity contribution < 1.29 is 19.1 Å². The maximum Gasteiger partial charge on any atom is 0.344 e. The summed E-state index contributed by atoms with van der Waals surface area (Å²) in [5.74, 6) is -0.646. The van der Waals surface area contributed by atoms with Crippen molar-refractivity contribution in [3.8, 4) is 5.75 Å². The van der Waals surface area contributed by atoms with E-state index in [4.69, 9.17) is 9.47 Å². The molecular weight excluding hydrogens is 316 g/mol. The van der Waals surface area contributed by atoms with Crippen molar-refractivity contribution in [2.45, 2.75) is 13.3 Å². The zero-order valence-corrected chi connectivity index (χ0v) is 13.9. The molecule has 0 fully saturated rings. The zero-order valence-electron chi connectivity index (χ0n) is 13.9. The maximum absolute atomic E-state index is 12.6. The quantitative estimate of drug-likeness (QED) is 0.504. The third-order valence-electron chi connectivity index (χ3n) is 3.76. The molecule has 3 rings (SSSR count). The maximum atomic E-state index is 12.6. The average Bonchev–Trinajstić information content (AvgIpc) is 2.66. The van der Waals surface area contributed by atoms with Gasteiger partial charge in [-0.1, -0.05) is 55.5 Å². The van der Waals surface area contributed by atoms with Gasteiger partial charge in [0, 0.05) is 5.39 Å². The molecule has 0 bridgehead atoms. The van der Waals surface area contributed by atoms with Crippen LogP contribution in [0, 0.1) is 0 Å². The lowest BCUT2D eigenvalue weighted by Gasteiger charge is -2.10. The fourth-order valence-corrected chi connectivity index (χ4v) is 2.55. The van der Waals surface area contributed by atoms with Crippen molar-refractivity contribution in [2.75, 3.05) is 6.61 Å². The van der Waals surface area contributed by atoms with Gasteiger partial charge in [-0.15, -0.1) is 0 Å². The second-order valence-corrected chi connectivity index (χ2v) is 5.55. The van der Waals surface area contributed by atoms with Gasteiger partial charge in [-0.25, -0.2) is 9.59 Å². The van der Waals surface area contributed by atoms with Crippen LogP contribution in [0.15, 0.2) is 66.7 Å². The lowest BCUT2D eigenvalue weighted by atomic mass is 10.1. The smallest absolute Gasteiger partial charge is 0.344 e. The molecule has 3 aromatic carbocycles. The van der Waals surface area contributed by atoms with E-state index in [0.29, 0.717) is 18.8 Å². The number of benzene rings is 3. The largest absolute Gasteiger partial charge is 0.462 e. The van der Waals surface area contributed by atoms with Gasteiger partial charge in [0.2, 0.25) is 0 Å². The van der Waals surface area contributed by atoms with Gasteiger partial charge in [0.15, 0.2) is 0 Å². The summed E-state index contributed by atoms with van der Waals surface area (Å²) >= 11 is 0. The Hall–Kier alpha value is -3.14. The Bertz CT molecular complexity index is 909. The van der Waals surface area contributed by atoms with Gasteiger partial charge in [-0.2, -0.15) is 0 Å². The topological polar surface area (TPSA) is 52.6 Å². The summed E-state index contributed by atoms with van der Waals surface area (Å²) in [6.45, 7) is 2.22. The molecule has 0 amide bonds. The van der Waals surface area contributed by atoms with Crippen molar-refractivity contribution in [3.63, 3.8) is 0 Å². The molecule has 0 spiro atoms. The summed E-state index contributed by atoms with van der Waals surface area (Å²) in [4.78, 5) is 24.8. The molecule has 126 valence electrons. The lowest BCUT2D eigenvalue weighted by molar-refractivity contribution is 0.0496. The van der Waals surface area contributed by atoms with Gasteiger partial charge in [0.05, 0.1) is 17.7 Å². The molecule has 0 saturated heterocycles. The molecule has 4 nitrogen and oxygen atoms in total. The van der Waals surface area contributed by atoms with Crippen LogP contribution in [0.1, 0.15) is 34.1 Å². The summed E-state index contributed by atoms with van der Waals surface area (Å²) in [5, 5.41) is 1.81. The first kappa shape index (κ1) is 16.7. The van der Waals surface area contributed by atoms with E-state index in [-0.39, 0.29) is 11.1 Å². The van der Waals surface area contributed by atoms with Crippen LogP contribution >= 0.6 is 0 Å². The van der Waals surface area contributed by atoms with Crippen LogP contribution < -0.4 is 4.74 Å². The molecule has 0 heterocycles. The number of fused-ring (bicyclic) bond motifs is 1. The Morgan fingerprint density at radius 2 is 1.44 bits per heavy atom. The molecule has 25 heavy (non-hydrogen) atoms. The van der Waals surface area contributed by atoms with Crippen molar-refractivity contribution in [1.82, 2.24) is 0 Å². The second-order valence-electron chi connectivity index (χ2n) is 5.55. The molecular formula is C21H18O4. The molecule has 0 atom stereocenters. The van der Waals surface area contributed by atoms with Crippen molar-refractivity contribution >= 4 is 22.7 Å². The highest BCUT2D eigenvalue weighted by Gasteiger charge is 2.20. The van der Waals surface area contributed by atoms with Gasteiger partial charge in [-0.3, -0.25) is 0 Å². The number of esters is 2. The minimum absolute atomic E-state index is 0.191. The molecule has 0 aliphatic carbocycles. The van der Waals surface area contributed by atoms with Crippen molar-refractivity contribution in [1.29, 1.82) is 0 Å². The Labute approximate surface area is 146 Å². The van der Waals surface area contributed by atoms with E-state index >= 15 is 0 Å². The average molecular weight is 334 g/mol. The van der Waals surface area contributed by atoms with Gasteiger partial charge < -0.3 is 9.47 Å². The van der Waals surface area contributed by atoms with Crippen LogP contribution in [-0.2, 0) is 4.74 Å². The zero-order chi connectivity index (χ0) is 17.6. The fourth-order valence-electron chi connectivity index (χ4n) is 2.55. The highest BCUT2D eigenvalue weighted by atomic mass is 16.5. The number of carbonyl (C=O) groups is 2. The highest BCUT2D eigenvalue weighted by Crippen LogP contribution is 2.26. The SMILES string of the molecule is CCCOC(=O)c1ccccc1C(=O)Oc1cccc2ccccc12. The molecule has 0 aliphatic rings. The molecule has 4 heteroatoms. The monoisotopic (exact) mass is 334 g/mol. The van der Waals surface area contributed by atoms with Gasteiger partial charge in [0.25, 0.3) is 0 Å². The molecule has 0 N–H and O–H groups in total. The van der Waals surface area contributed by atoms with Crippen LogP contribution in [0.25, 0.3) is 10.8 Å². The Morgan fingerprint density at radius 1 is 0.800 bits per heavy atom. The van der Waals surface area contributed by atoms with E-state index in [9.17, 15) is 9.59 Å². The normalized spacial score (nSPS) is 10.4. The fraction of sp³-hybridized carbons (Fsp3) is 0.143. The van der Waals surface area contributed by atoms with E-state index in [2.05, 4.69) is 0 Å². The first-order valence-corrected chi connectivity index (χ1v) is 8.17. The van der Waals surface area contributed by atoms with E-state index in [1.165, 1.54) is 0 Å². The number of hydrogen-bond donors (Lipinski definition) is 0. The number of ether oxygens (including phenoxy) is 2. The predicted octanol–water partition coefficient (Wildman–Crippen LogP) is 4.63. The van der Waals surface area contributed by atoms with E-state index in [0.717, 1.165) is 10.8 Å². The van der Waals surface area contributed by atoms with E-state index in [1.54, 1.807) is 30.3 Å². The first-order chi connectivity index (χ1) is 12.2. The Kier molecular flexibility index (Phi) is 5.09. The van der Waals surface area contributed by atoms with Gasteiger partial charge in [-0.05, 0) is 30.0 Å². The van der Waals surface area contributed by atoms with Crippen LogP contribution in [0.5, 0.6) is 5.75 Å². The van der Waals surface area contributed by atoms with Crippen LogP contribution in [0.2, 0.25) is 0 Å². The predicted molar refractivity (Wildman–Crippen MR) is 95.9 cm³/mol. The molecule has 3 aromatic rings. The summed E-state index contributed by atoms with van der Waals surface area (Å²) in [7, 11) is 0. The van der Waals surface area contributed by atoms with E-state index < -0.39 is 11.9 Å². The standard InChI is InChI=1S/C21H18O4/c1-2-14-24-20(22)17-11-5-6-12-18(17)21(23)25-19-13-7-9-15-8-3-4-10-16(15)19/h3-13H,2,14H2,1H3.